The molecule has 0 heterocycles. The Labute approximate surface area is 207 Å². The van der Waals surface area contributed by atoms with Crippen LogP contribution in [0.15, 0.2) is 84.9 Å². The van der Waals surface area contributed by atoms with Gasteiger partial charge in [-0.2, -0.15) is 0 Å². The topological polar surface area (TPSA) is 90.7 Å². The number of nitro benzene ring substituents is 1. The highest BCUT2D eigenvalue weighted by Gasteiger charge is 2.33. The van der Waals surface area contributed by atoms with Crippen LogP contribution in [0.2, 0.25) is 0 Å². The molecule has 0 bridgehead atoms. The molecule has 0 spiro atoms. The fourth-order valence-corrected chi connectivity index (χ4v) is 6.58. The van der Waals surface area contributed by atoms with Gasteiger partial charge in [-0.3, -0.25) is 14.9 Å². The Balaban J connectivity index is 1.84. The molecule has 0 aliphatic carbocycles. The summed E-state index contributed by atoms with van der Waals surface area (Å²) in [4.78, 5) is 27.4. The second kappa shape index (κ2) is 11.9. The highest BCUT2D eigenvalue weighted by Crippen LogP contribution is 2.16. The summed E-state index contributed by atoms with van der Waals surface area (Å²) >= 11 is 0. The van der Waals surface area contributed by atoms with Crippen LogP contribution in [0.1, 0.15) is 33.3 Å². The predicted octanol–water partition coefficient (Wildman–Crippen LogP) is 3.34. The van der Waals surface area contributed by atoms with E-state index in [2.05, 4.69) is 29.2 Å². The Hall–Kier alpha value is -3.33. The van der Waals surface area contributed by atoms with Gasteiger partial charge in [0, 0.05) is 12.1 Å². The van der Waals surface area contributed by atoms with E-state index in [-0.39, 0.29) is 12.3 Å². The molecule has 0 fully saturated rings. The first kappa shape index (κ1) is 26.3. The summed E-state index contributed by atoms with van der Waals surface area (Å²) < 4.78 is 11.8. The van der Waals surface area contributed by atoms with Gasteiger partial charge >= 0.3 is 5.97 Å². The smallest absolute Gasteiger partial charge is 0.325 e. The van der Waals surface area contributed by atoms with Crippen molar-refractivity contribution in [1.29, 1.82) is 0 Å². The summed E-state index contributed by atoms with van der Waals surface area (Å²) in [7, 11) is -2.01. The molecule has 0 aliphatic heterocycles. The number of hydrogen-bond acceptors (Lipinski definition) is 6. The number of hydrogen-bond donors (Lipinski definition) is 1. The molecule has 0 saturated heterocycles. The first-order valence-corrected chi connectivity index (χ1v) is 13.3. The fourth-order valence-electron chi connectivity index (χ4n) is 3.83. The number of nitro groups is 1. The molecule has 1 N–H and O–H groups in total. The Morgan fingerprint density at radius 3 is 1.91 bits per heavy atom. The van der Waals surface area contributed by atoms with Crippen molar-refractivity contribution in [3.63, 3.8) is 0 Å². The van der Waals surface area contributed by atoms with Crippen molar-refractivity contribution < 1.29 is 19.2 Å². The molecule has 3 rings (SSSR count). The van der Waals surface area contributed by atoms with Crippen molar-refractivity contribution in [2.45, 2.75) is 52.0 Å². The molecule has 3 aromatic rings. The number of esters is 1. The van der Waals surface area contributed by atoms with Gasteiger partial charge < -0.3 is 14.5 Å². The summed E-state index contributed by atoms with van der Waals surface area (Å²) in [5, 5.41) is 13.2. The molecule has 3 aromatic carbocycles. The Kier molecular flexibility index (Phi) is 8.92. The van der Waals surface area contributed by atoms with Gasteiger partial charge in [-0.15, -0.1) is 0 Å². The highest BCUT2D eigenvalue weighted by molar-refractivity contribution is 6.83. The van der Waals surface area contributed by atoms with Crippen molar-refractivity contribution in [2.75, 3.05) is 0 Å². The molecular formula is C27H32N2O5Si. The summed E-state index contributed by atoms with van der Waals surface area (Å²) in [6.07, 6.45) is -0.457. The molecular weight excluding hydrogens is 460 g/mol. The van der Waals surface area contributed by atoms with Crippen LogP contribution in [-0.4, -0.2) is 37.6 Å². The number of non-ortho nitro benzene ring substituents is 1. The number of ether oxygens (including phenoxy) is 2. The Morgan fingerprint density at radius 2 is 1.46 bits per heavy atom. The van der Waals surface area contributed by atoms with Gasteiger partial charge in [-0.05, 0) is 55.8 Å². The second-order valence-electron chi connectivity index (χ2n) is 9.37. The summed E-state index contributed by atoms with van der Waals surface area (Å²) in [6, 6.07) is 25.5. The molecule has 0 radical (unpaired) electrons. The third-order valence-electron chi connectivity index (χ3n) is 5.40. The van der Waals surface area contributed by atoms with Gasteiger partial charge in [0.05, 0.1) is 16.6 Å². The second-order valence-corrected chi connectivity index (χ2v) is 11.9. The van der Waals surface area contributed by atoms with Crippen molar-refractivity contribution in [3.05, 3.63) is 101 Å². The first-order valence-electron chi connectivity index (χ1n) is 11.6. The van der Waals surface area contributed by atoms with Crippen molar-refractivity contribution in [3.8, 4) is 0 Å². The van der Waals surface area contributed by atoms with E-state index >= 15 is 0 Å². The molecule has 7 nitrogen and oxygen atoms in total. The molecule has 0 aliphatic rings. The monoisotopic (exact) mass is 492 g/mol. The van der Waals surface area contributed by atoms with Crippen LogP contribution in [0.4, 0.5) is 5.69 Å². The zero-order valence-electron chi connectivity index (χ0n) is 20.5. The van der Waals surface area contributed by atoms with Gasteiger partial charge in [0.2, 0.25) is 0 Å². The lowest BCUT2D eigenvalue weighted by atomic mass is 10.1. The molecule has 35 heavy (non-hydrogen) atoms. The Bertz CT molecular complexity index is 1060. The van der Waals surface area contributed by atoms with Gasteiger partial charge in [-0.1, -0.05) is 60.7 Å². The number of carbonyl (C=O) groups excluding carboxylic acids is 1. The van der Waals surface area contributed by atoms with Crippen LogP contribution in [0.5, 0.6) is 0 Å². The van der Waals surface area contributed by atoms with Crippen molar-refractivity contribution >= 4 is 31.0 Å². The van der Waals surface area contributed by atoms with Crippen LogP contribution in [0.3, 0.4) is 0 Å². The van der Waals surface area contributed by atoms with Gasteiger partial charge in [0.15, 0.2) is 8.96 Å². The Morgan fingerprint density at radius 1 is 0.943 bits per heavy atom. The highest BCUT2D eigenvalue weighted by atomic mass is 28.3. The quantitative estimate of drug-likeness (QED) is 0.202. The van der Waals surface area contributed by atoms with E-state index in [1.54, 1.807) is 12.1 Å². The van der Waals surface area contributed by atoms with E-state index in [9.17, 15) is 14.9 Å². The third-order valence-corrected chi connectivity index (χ3v) is 8.20. The summed E-state index contributed by atoms with van der Waals surface area (Å²) in [5.41, 5.74) is 0.215. The van der Waals surface area contributed by atoms with Crippen molar-refractivity contribution in [1.82, 2.24) is 4.98 Å². The van der Waals surface area contributed by atoms with E-state index in [0.29, 0.717) is 5.56 Å². The van der Waals surface area contributed by atoms with Gasteiger partial charge in [-0.25, -0.2) is 0 Å². The number of benzene rings is 3. The molecule has 2 atom stereocenters. The lowest BCUT2D eigenvalue weighted by Gasteiger charge is -2.32. The van der Waals surface area contributed by atoms with Gasteiger partial charge in [0.1, 0.15) is 12.6 Å². The van der Waals surface area contributed by atoms with E-state index in [0.717, 1.165) is 10.4 Å². The van der Waals surface area contributed by atoms with E-state index in [1.807, 2.05) is 64.1 Å². The molecule has 8 heteroatoms. The maximum atomic E-state index is 13.4. The lowest BCUT2D eigenvalue weighted by molar-refractivity contribution is -0.384. The number of nitrogens with one attached hydrogen (secondary N) is 1. The summed E-state index contributed by atoms with van der Waals surface area (Å²) in [5.74, 6) is -0.426. The zero-order chi connectivity index (χ0) is 25.4. The minimum atomic E-state index is -2.01. The van der Waals surface area contributed by atoms with Crippen LogP contribution in [0, 0.1) is 10.1 Å². The lowest BCUT2D eigenvalue weighted by Crippen LogP contribution is -2.62. The minimum Gasteiger partial charge on any atom is -0.460 e. The van der Waals surface area contributed by atoms with E-state index in [4.69, 9.17) is 9.47 Å². The predicted molar refractivity (Wildman–Crippen MR) is 139 cm³/mol. The normalized spacial score (nSPS) is 13.3. The van der Waals surface area contributed by atoms with E-state index < -0.39 is 37.6 Å². The molecule has 0 aromatic heterocycles. The number of rotatable bonds is 10. The molecule has 1 unspecified atom stereocenters. The average molecular weight is 493 g/mol. The van der Waals surface area contributed by atoms with Crippen LogP contribution in [0.25, 0.3) is 0 Å². The van der Waals surface area contributed by atoms with Crippen LogP contribution in [-0.2, 0) is 20.9 Å². The largest absolute Gasteiger partial charge is 0.460 e. The zero-order valence-corrected chi connectivity index (χ0v) is 21.7. The first-order chi connectivity index (χ1) is 16.6. The molecule has 184 valence electrons. The number of carbonyl (C=O) groups is 1. The van der Waals surface area contributed by atoms with Crippen LogP contribution >= 0.6 is 0 Å². The average Bonchev–Trinajstić information content (AvgIpc) is 2.83. The standard InChI is InChI=1S/C27H32N2O5Si/c1-20(34-27(2,3)4)25(26(30)33-19-21-15-17-22(18-16-21)29(31)32)28-35(23-11-7-5-8-12-23)24-13-9-6-10-14-24/h5-18,20,25,28,35H,19H2,1-4H3/t20?,25-/m0/s1. The maximum absolute atomic E-state index is 13.4. The SMILES string of the molecule is CC(OC(C)(C)C)[C@H](N[SiH](c1ccccc1)c1ccccc1)C(=O)OCc1ccc([N+](=O)[O-])cc1. The number of nitrogens with zero attached hydrogens (tertiary/aromatic N) is 1. The van der Waals surface area contributed by atoms with Crippen LogP contribution < -0.4 is 15.4 Å². The molecule has 0 amide bonds. The van der Waals surface area contributed by atoms with Crippen molar-refractivity contribution in [2.24, 2.45) is 0 Å². The van der Waals surface area contributed by atoms with E-state index in [1.165, 1.54) is 12.1 Å². The minimum absolute atomic E-state index is 0.00798. The fraction of sp³-hybridized carbons (Fsp3) is 0.296. The molecule has 0 saturated carbocycles. The third kappa shape index (κ3) is 7.85. The van der Waals surface area contributed by atoms with Gasteiger partial charge in [0.25, 0.3) is 5.69 Å². The maximum Gasteiger partial charge on any atom is 0.325 e. The summed E-state index contributed by atoms with van der Waals surface area (Å²) in [6.45, 7) is 7.74.